The second-order valence-corrected chi connectivity index (χ2v) is 3.45. The first kappa shape index (κ1) is 12.6. The monoisotopic (exact) mass is 220 g/mol. The average Bonchev–Trinajstić information content (AvgIpc) is 2.30. The fourth-order valence-electron chi connectivity index (χ4n) is 1.26. The molecule has 86 valence electrons. The van der Waals surface area contributed by atoms with Crippen molar-refractivity contribution in [3.8, 4) is 0 Å². The number of ether oxygens (including phenoxy) is 2. The van der Waals surface area contributed by atoms with Crippen LogP contribution in [0, 0.1) is 6.92 Å². The molecule has 16 heavy (non-hydrogen) atoms. The van der Waals surface area contributed by atoms with Crippen molar-refractivity contribution in [2.75, 3.05) is 14.2 Å². The third kappa shape index (κ3) is 3.61. The van der Waals surface area contributed by atoms with E-state index in [2.05, 4.69) is 0 Å². The van der Waals surface area contributed by atoms with E-state index in [-0.39, 0.29) is 5.78 Å². The van der Waals surface area contributed by atoms with Gasteiger partial charge < -0.3 is 9.47 Å². The molecule has 0 saturated carbocycles. The molecule has 3 nitrogen and oxygen atoms in total. The van der Waals surface area contributed by atoms with Crippen LogP contribution in [0.25, 0.3) is 6.08 Å². The van der Waals surface area contributed by atoms with Crippen LogP contribution in [-0.2, 0) is 14.3 Å². The highest BCUT2D eigenvalue weighted by atomic mass is 16.7. The fraction of sp³-hybridized carbons (Fsp3) is 0.308. The molecule has 0 N–H and O–H groups in total. The molecule has 0 heterocycles. The van der Waals surface area contributed by atoms with Crippen molar-refractivity contribution in [3.63, 3.8) is 0 Å². The molecule has 0 saturated heterocycles. The Morgan fingerprint density at radius 3 is 2.25 bits per heavy atom. The minimum atomic E-state index is -0.818. The van der Waals surface area contributed by atoms with Gasteiger partial charge in [0.05, 0.1) is 0 Å². The zero-order valence-corrected chi connectivity index (χ0v) is 9.77. The summed E-state index contributed by atoms with van der Waals surface area (Å²) in [6.07, 6.45) is 2.39. The minimum Gasteiger partial charge on any atom is -0.349 e. The van der Waals surface area contributed by atoms with Gasteiger partial charge in [0.1, 0.15) is 0 Å². The molecule has 0 radical (unpaired) electrons. The molecule has 3 heteroatoms. The van der Waals surface area contributed by atoms with Crippen LogP contribution in [-0.4, -0.2) is 26.3 Å². The summed E-state index contributed by atoms with van der Waals surface area (Å²) in [7, 11) is 2.87. The number of ketones is 1. The van der Waals surface area contributed by atoms with Gasteiger partial charge in [-0.1, -0.05) is 35.9 Å². The average molecular weight is 220 g/mol. The van der Waals surface area contributed by atoms with Gasteiger partial charge in [-0.05, 0) is 18.6 Å². The van der Waals surface area contributed by atoms with Gasteiger partial charge >= 0.3 is 0 Å². The lowest BCUT2D eigenvalue weighted by molar-refractivity contribution is -0.151. The van der Waals surface area contributed by atoms with Gasteiger partial charge in [-0.15, -0.1) is 0 Å². The molecular weight excluding hydrogens is 204 g/mol. The Bertz CT molecular complexity index is 361. The van der Waals surface area contributed by atoms with Gasteiger partial charge in [0.15, 0.2) is 0 Å². The molecule has 1 aromatic rings. The highest BCUT2D eigenvalue weighted by Gasteiger charge is 2.12. The number of aryl methyl sites for hydroxylation is 1. The Morgan fingerprint density at radius 1 is 1.19 bits per heavy atom. The maximum absolute atomic E-state index is 11.5. The summed E-state index contributed by atoms with van der Waals surface area (Å²) in [6, 6.07) is 7.89. The SMILES string of the molecule is COC(OC)C(=O)/C=C/c1ccc(C)cc1. The lowest BCUT2D eigenvalue weighted by atomic mass is 10.1. The molecule has 1 aromatic carbocycles. The Hall–Kier alpha value is -1.45. The lowest BCUT2D eigenvalue weighted by Gasteiger charge is -2.08. The zero-order valence-electron chi connectivity index (χ0n) is 9.77. The Kier molecular flexibility index (Phi) is 4.89. The first-order valence-corrected chi connectivity index (χ1v) is 5.01. The highest BCUT2D eigenvalue weighted by Crippen LogP contribution is 2.06. The molecule has 0 aromatic heterocycles. The number of carbonyl (C=O) groups is 1. The van der Waals surface area contributed by atoms with Crippen LogP contribution in [0.2, 0.25) is 0 Å². The van der Waals surface area contributed by atoms with Crippen LogP contribution in [0.3, 0.4) is 0 Å². The summed E-state index contributed by atoms with van der Waals surface area (Å²) >= 11 is 0. The summed E-state index contributed by atoms with van der Waals surface area (Å²) in [6.45, 7) is 2.02. The lowest BCUT2D eigenvalue weighted by Crippen LogP contribution is -2.22. The second-order valence-electron chi connectivity index (χ2n) is 3.45. The van der Waals surface area contributed by atoms with Gasteiger partial charge in [-0.3, -0.25) is 4.79 Å². The maximum Gasteiger partial charge on any atom is 0.221 e. The zero-order chi connectivity index (χ0) is 12.0. The molecule has 0 bridgehead atoms. The number of hydrogen-bond donors (Lipinski definition) is 0. The number of benzene rings is 1. The van der Waals surface area contributed by atoms with E-state index in [1.807, 2.05) is 31.2 Å². The third-order valence-corrected chi connectivity index (χ3v) is 2.18. The maximum atomic E-state index is 11.5. The number of carbonyl (C=O) groups excluding carboxylic acids is 1. The standard InChI is InChI=1S/C13H16O3/c1-10-4-6-11(7-5-10)8-9-12(14)13(15-2)16-3/h4-9,13H,1-3H3/b9-8+. The van der Waals surface area contributed by atoms with Crippen molar-refractivity contribution in [1.29, 1.82) is 0 Å². The molecule has 0 fully saturated rings. The van der Waals surface area contributed by atoms with E-state index in [4.69, 9.17) is 9.47 Å². The molecule has 0 spiro atoms. The first-order valence-electron chi connectivity index (χ1n) is 5.01. The summed E-state index contributed by atoms with van der Waals surface area (Å²) in [5.74, 6) is -0.203. The molecule has 0 aliphatic carbocycles. The van der Waals surface area contributed by atoms with Crippen LogP contribution >= 0.6 is 0 Å². The number of hydrogen-bond acceptors (Lipinski definition) is 3. The summed E-state index contributed by atoms with van der Waals surface area (Å²) in [5, 5.41) is 0. The molecule has 0 unspecified atom stereocenters. The largest absolute Gasteiger partial charge is 0.349 e. The Labute approximate surface area is 95.7 Å². The smallest absolute Gasteiger partial charge is 0.221 e. The number of methoxy groups -OCH3 is 2. The molecule has 0 aliphatic heterocycles. The summed E-state index contributed by atoms with van der Waals surface area (Å²) in [4.78, 5) is 11.5. The Balaban J connectivity index is 2.66. The quantitative estimate of drug-likeness (QED) is 0.563. The third-order valence-electron chi connectivity index (χ3n) is 2.18. The second kappa shape index (κ2) is 6.20. The molecular formula is C13H16O3. The van der Waals surface area contributed by atoms with Crippen LogP contribution in [0.1, 0.15) is 11.1 Å². The van der Waals surface area contributed by atoms with E-state index >= 15 is 0 Å². The van der Waals surface area contributed by atoms with Crippen molar-refractivity contribution in [1.82, 2.24) is 0 Å². The molecule has 0 amide bonds. The van der Waals surface area contributed by atoms with Crippen molar-refractivity contribution in [2.45, 2.75) is 13.2 Å². The predicted octanol–water partition coefficient (Wildman–Crippen LogP) is 2.20. The van der Waals surface area contributed by atoms with Crippen molar-refractivity contribution in [2.24, 2.45) is 0 Å². The van der Waals surface area contributed by atoms with Crippen LogP contribution in [0.15, 0.2) is 30.3 Å². The summed E-state index contributed by atoms with van der Waals surface area (Å²) < 4.78 is 9.69. The topological polar surface area (TPSA) is 35.5 Å². The van der Waals surface area contributed by atoms with E-state index in [0.717, 1.165) is 5.56 Å². The van der Waals surface area contributed by atoms with Gasteiger partial charge in [0, 0.05) is 14.2 Å². The van der Waals surface area contributed by atoms with E-state index < -0.39 is 6.29 Å². The van der Waals surface area contributed by atoms with E-state index in [1.165, 1.54) is 25.9 Å². The van der Waals surface area contributed by atoms with Gasteiger partial charge in [-0.25, -0.2) is 0 Å². The van der Waals surface area contributed by atoms with Crippen molar-refractivity contribution in [3.05, 3.63) is 41.5 Å². The van der Waals surface area contributed by atoms with E-state index in [0.29, 0.717) is 0 Å². The highest BCUT2D eigenvalue weighted by molar-refractivity contribution is 5.96. The fourth-order valence-corrected chi connectivity index (χ4v) is 1.26. The van der Waals surface area contributed by atoms with Gasteiger partial charge in [0.2, 0.25) is 12.1 Å². The molecule has 0 aliphatic rings. The van der Waals surface area contributed by atoms with E-state index in [9.17, 15) is 4.79 Å². The number of rotatable bonds is 5. The van der Waals surface area contributed by atoms with Gasteiger partial charge in [-0.2, -0.15) is 0 Å². The minimum absolute atomic E-state index is 0.203. The van der Waals surface area contributed by atoms with Gasteiger partial charge in [0.25, 0.3) is 0 Å². The normalized spacial score (nSPS) is 11.2. The van der Waals surface area contributed by atoms with Crippen LogP contribution in [0.5, 0.6) is 0 Å². The van der Waals surface area contributed by atoms with Crippen LogP contribution in [0.4, 0.5) is 0 Å². The van der Waals surface area contributed by atoms with Crippen molar-refractivity contribution >= 4 is 11.9 Å². The predicted molar refractivity (Wildman–Crippen MR) is 63.0 cm³/mol. The van der Waals surface area contributed by atoms with Crippen LogP contribution < -0.4 is 0 Å². The molecule has 0 atom stereocenters. The Morgan fingerprint density at radius 2 is 1.75 bits per heavy atom. The van der Waals surface area contributed by atoms with Crippen molar-refractivity contribution < 1.29 is 14.3 Å². The first-order chi connectivity index (χ1) is 7.67. The summed E-state index contributed by atoms with van der Waals surface area (Å²) in [5.41, 5.74) is 2.17. The van der Waals surface area contributed by atoms with E-state index in [1.54, 1.807) is 6.08 Å². The molecule has 1 rings (SSSR count).